The number of aromatic nitrogens is 2. The van der Waals surface area contributed by atoms with E-state index in [0.717, 1.165) is 27.6 Å². The fraction of sp³-hybridized carbons (Fsp3) is 0.105. The summed E-state index contributed by atoms with van der Waals surface area (Å²) >= 11 is 0. The highest BCUT2D eigenvalue weighted by atomic mass is 16.3. The highest BCUT2D eigenvalue weighted by Crippen LogP contribution is 2.34. The number of aryl methyl sites for hydroxylation is 2. The van der Waals surface area contributed by atoms with Gasteiger partial charge in [0.1, 0.15) is 7.05 Å². The van der Waals surface area contributed by atoms with Gasteiger partial charge in [-0.3, -0.25) is 0 Å². The molecule has 3 aromatic heterocycles. The number of nitrogens with zero attached hydrogens (tertiary/aromatic N) is 3. The smallest absolute Gasteiger partial charge is 0.323 e. The molecule has 0 saturated carbocycles. The Morgan fingerprint density at radius 2 is 1.91 bits per heavy atom. The van der Waals surface area contributed by atoms with Crippen LogP contribution in [0.3, 0.4) is 0 Å². The first-order valence-electron chi connectivity index (χ1n) is 7.34. The summed E-state index contributed by atoms with van der Waals surface area (Å²) in [7, 11) is 2.01. The van der Waals surface area contributed by atoms with Crippen LogP contribution in [0.15, 0.2) is 53.1 Å². The summed E-state index contributed by atoms with van der Waals surface area (Å²) in [6.07, 6.45) is 2.03. The number of fused-ring (bicyclic) bond motifs is 3. The average molecular weight is 300 g/mol. The van der Waals surface area contributed by atoms with Gasteiger partial charge in [0.2, 0.25) is 5.58 Å². The fourth-order valence-corrected chi connectivity index (χ4v) is 2.96. The maximum Gasteiger partial charge on any atom is 0.323 e. The average Bonchev–Trinajstić information content (AvgIpc) is 2.93. The lowest BCUT2D eigenvalue weighted by atomic mass is 10.0. The minimum atomic E-state index is 0.346. The van der Waals surface area contributed by atoms with Crippen LogP contribution in [-0.2, 0) is 7.05 Å². The van der Waals surface area contributed by atoms with Crippen molar-refractivity contribution in [2.75, 3.05) is 0 Å². The van der Waals surface area contributed by atoms with Gasteiger partial charge in [-0.2, -0.15) is 4.57 Å². The van der Waals surface area contributed by atoms with Gasteiger partial charge in [-0.05, 0) is 24.6 Å². The molecule has 1 aromatic carbocycles. The summed E-state index contributed by atoms with van der Waals surface area (Å²) in [5, 5.41) is 1.95. The Kier molecular flexibility index (Phi) is 2.88. The number of benzene rings is 1. The zero-order chi connectivity index (χ0) is 16.0. The number of furan rings is 1. The summed E-state index contributed by atoms with van der Waals surface area (Å²) in [5.74, 6) is 0.346. The van der Waals surface area contributed by atoms with E-state index < -0.39 is 0 Å². The van der Waals surface area contributed by atoms with Crippen LogP contribution in [-0.4, -0.2) is 4.98 Å². The largest absolute Gasteiger partial charge is 0.413 e. The third kappa shape index (κ3) is 1.98. The lowest BCUT2D eigenvalue weighted by Crippen LogP contribution is -2.30. The van der Waals surface area contributed by atoms with Crippen LogP contribution in [0, 0.1) is 13.5 Å². The van der Waals surface area contributed by atoms with E-state index in [-0.39, 0.29) is 0 Å². The number of hydrogen-bond acceptors (Lipinski definition) is 2. The van der Waals surface area contributed by atoms with E-state index in [1.165, 1.54) is 5.56 Å². The molecule has 0 saturated heterocycles. The van der Waals surface area contributed by atoms with Crippen molar-refractivity contribution in [3.05, 3.63) is 65.6 Å². The molecule has 3 heterocycles. The van der Waals surface area contributed by atoms with E-state index in [9.17, 15) is 0 Å². The molecule has 4 aromatic rings. The van der Waals surface area contributed by atoms with Crippen LogP contribution in [0.25, 0.3) is 38.2 Å². The SMILES string of the molecule is [C-]#[N+]c1ccc2c(n1)oc1c(-c3ccccc3C)[n+](C)ccc12. The summed E-state index contributed by atoms with van der Waals surface area (Å²) in [4.78, 5) is 7.66. The maximum atomic E-state index is 7.11. The standard InChI is InChI=1S/C19H14N3O/c1-12-6-4-5-7-13(12)17-18-14(10-11-22(17)3)15-8-9-16(20-2)21-19(15)23-18/h4-11H,1,3H3/q+1. The predicted octanol–water partition coefficient (Wildman–Crippen LogP) is 4.33. The second kappa shape index (κ2) is 4.92. The lowest BCUT2D eigenvalue weighted by molar-refractivity contribution is -0.659. The normalized spacial score (nSPS) is 11.0. The topological polar surface area (TPSA) is 34.3 Å². The van der Waals surface area contributed by atoms with Crippen molar-refractivity contribution in [2.24, 2.45) is 7.05 Å². The van der Waals surface area contributed by atoms with Crippen LogP contribution in [0.4, 0.5) is 5.82 Å². The number of rotatable bonds is 1. The molecule has 110 valence electrons. The van der Waals surface area contributed by atoms with E-state index in [0.29, 0.717) is 11.5 Å². The second-order valence-corrected chi connectivity index (χ2v) is 5.57. The van der Waals surface area contributed by atoms with Crippen LogP contribution in [0.1, 0.15) is 5.56 Å². The fourth-order valence-electron chi connectivity index (χ4n) is 2.96. The van der Waals surface area contributed by atoms with Crippen molar-refractivity contribution < 1.29 is 8.98 Å². The first-order chi connectivity index (χ1) is 11.2. The summed E-state index contributed by atoms with van der Waals surface area (Å²) in [6.45, 7) is 9.20. The minimum Gasteiger partial charge on any atom is -0.413 e. The summed E-state index contributed by atoms with van der Waals surface area (Å²) < 4.78 is 8.10. The third-order valence-corrected chi connectivity index (χ3v) is 4.13. The molecule has 0 fully saturated rings. The number of pyridine rings is 2. The minimum absolute atomic E-state index is 0.346. The second-order valence-electron chi connectivity index (χ2n) is 5.57. The Morgan fingerprint density at radius 3 is 2.70 bits per heavy atom. The zero-order valence-electron chi connectivity index (χ0n) is 12.9. The number of hydrogen-bond donors (Lipinski definition) is 0. The van der Waals surface area contributed by atoms with Crippen LogP contribution < -0.4 is 4.57 Å². The monoisotopic (exact) mass is 300 g/mol. The van der Waals surface area contributed by atoms with Gasteiger partial charge in [-0.25, -0.2) is 0 Å². The third-order valence-electron chi connectivity index (χ3n) is 4.13. The van der Waals surface area contributed by atoms with Crippen molar-refractivity contribution in [1.29, 1.82) is 0 Å². The van der Waals surface area contributed by atoms with E-state index in [2.05, 4.69) is 33.5 Å². The van der Waals surface area contributed by atoms with Gasteiger partial charge in [-0.1, -0.05) is 35.8 Å². The molecule has 0 aliphatic heterocycles. The highest BCUT2D eigenvalue weighted by Gasteiger charge is 2.23. The molecular formula is C19H14N3O+. The Bertz CT molecular complexity index is 1100. The first-order valence-corrected chi connectivity index (χ1v) is 7.34. The van der Waals surface area contributed by atoms with Crippen LogP contribution in [0.2, 0.25) is 0 Å². The van der Waals surface area contributed by atoms with Crippen molar-refractivity contribution in [1.82, 2.24) is 4.98 Å². The van der Waals surface area contributed by atoms with Crippen molar-refractivity contribution in [3.63, 3.8) is 0 Å². The van der Waals surface area contributed by atoms with Crippen LogP contribution in [0.5, 0.6) is 0 Å². The van der Waals surface area contributed by atoms with Crippen molar-refractivity contribution in [2.45, 2.75) is 6.92 Å². The lowest BCUT2D eigenvalue weighted by Gasteiger charge is -2.04. The molecule has 0 amide bonds. The molecule has 0 spiro atoms. The Morgan fingerprint density at radius 1 is 1.09 bits per heavy atom. The molecule has 0 aliphatic carbocycles. The summed E-state index contributed by atoms with van der Waals surface area (Å²) in [6, 6.07) is 13.9. The van der Waals surface area contributed by atoms with E-state index in [4.69, 9.17) is 11.0 Å². The van der Waals surface area contributed by atoms with E-state index in [1.54, 1.807) is 6.07 Å². The molecule has 4 nitrogen and oxygen atoms in total. The predicted molar refractivity (Wildman–Crippen MR) is 89.1 cm³/mol. The van der Waals surface area contributed by atoms with E-state index >= 15 is 0 Å². The van der Waals surface area contributed by atoms with Crippen LogP contribution >= 0.6 is 0 Å². The highest BCUT2D eigenvalue weighted by molar-refractivity contribution is 6.07. The molecule has 0 aliphatic rings. The Hall–Kier alpha value is -3.19. The first kappa shape index (κ1) is 13.5. The van der Waals surface area contributed by atoms with Gasteiger partial charge in [-0.15, -0.1) is 0 Å². The zero-order valence-corrected chi connectivity index (χ0v) is 12.9. The quantitative estimate of drug-likeness (QED) is 0.387. The molecule has 0 unspecified atom stereocenters. The Labute approximate surface area is 133 Å². The van der Waals surface area contributed by atoms with Crippen molar-refractivity contribution in [3.8, 4) is 11.3 Å². The van der Waals surface area contributed by atoms with Crippen molar-refractivity contribution >= 4 is 27.9 Å². The van der Waals surface area contributed by atoms with Gasteiger partial charge in [0, 0.05) is 11.5 Å². The molecule has 23 heavy (non-hydrogen) atoms. The molecule has 4 heteroatoms. The molecule has 0 atom stereocenters. The van der Waals surface area contributed by atoms with Gasteiger partial charge >= 0.3 is 5.71 Å². The molecular weight excluding hydrogens is 286 g/mol. The molecule has 0 N–H and O–H groups in total. The van der Waals surface area contributed by atoms with E-state index in [1.807, 2.05) is 37.5 Å². The summed E-state index contributed by atoms with van der Waals surface area (Å²) in [5.41, 5.74) is 4.64. The van der Waals surface area contributed by atoms with Gasteiger partial charge in [0.15, 0.2) is 6.20 Å². The van der Waals surface area contributed by atoms with Gasteiger partial charge < -0.3 is 9.26 Å². The molecule has 4 rings (SSSR count). The maximum absolute atomic E-state index is 7.11. The molecule has 0 radical (unpaired) electrons. The van der Waals surface area contributed by atoms with Gasteiger partial charge in [0.25, 0.3) is 11.5 Å². The Balaban J connectivity index is 2.14. The van der Waals surface area contributed by atoms with Gasteiger partial charge in [0.05, 0.1) is 10.9 Å². The molecule has 0 bridgehead atoms.